The third-order valence-electron chi connectivity index (χ3n) is 7.64. The van der Waals surface area contributed by atoms with E-state index in [0.717, 1.165) is 47.9 Å². The molecule has 1 aromatic carbocycles. The quantitative estimate of drug-likeness (QED) is 0.162. The number of rotatable bonds is 10. The summed E-state index contributed by atoms with van der Waals surface area (Å²) < 4.78 is 44.3. The van der Waals surface area contributed by atoms with E-state index in [9.17, 15) is 22.8 Å². The lowest BCUT2D eigenvalue weighted by Crippen LogP contribution is -2.49. The second-order valence-electron chi connectivity index (χ2n) is 10.9. The third-order valence-corrected chi connectivity index (χ3v) is 7.64. The van der Waals surface area contributed by atoms with Crippen molar-refractivity contribution in [3.63, 3.8) is 0 Å². The molecule has 1 aliphatic heterocycles. The lowest BCUT2D eigenvalue weighted by molar-refractivity contribution is -0.139. The van der Waals surface area contributed by atoms with E-state index >= 15 is 0 Å². The molecule has 43 heavy (non-hydrogen) atoms. The molecule has 11 heteroatoms. The highest BCUT2D eigenvalue weighted by molar-refractivity contribution is 5.97. The van der Waals surface area contributed by atoms with Crippen LogP contribution in [-0.2, 0) is 27.0 Å². The zero-order valence-corrected chi connectivity index (χ0v) is 24.7. The zero-order chi connectivity index (χ0) is 31.1. The number of benzene rings is 1. The van der Waals surface area contributed by atoms with Crippen LogP contribution in [0.2, 0.25) is 0 Å². The summed E-state index contributed by atoms with van der Waals surface area (Å²) in [5.74, 6) is -0.798. The van der Waals surface area contributed by atoms with Crippen LogP contribution in [-0.4, -0.2) is 64.4 Å². The second-order valence-corrected chi connectivity index (χ2v) is 10.9. The summed E-state index contributed by atoms with van der Waals surface area (Å²) in [4.78, 5) is 40.1. The molecule has 1 aliphatic rings. The molecule has 1 fully saturated rings. The van der Waals surface area contributed by atoms with Gasteiger partial charge in [-0.3, -0.25) is 19.6 Å². The van der Waals surface area contributed by atoms with Crippen molar-refractivity contribution in [3.05, 3.63) is 89.2 Å². The van der Waals surface area contributed by atoms with E-state index in [1.807, 2.05) is 37.1 Å². The van der Waals surface area contributed by atoms with E-state index in [1.165, 1.54) is 18.2 Å². The fraction of sp³-hybridized carbons (Fsp3) is 0.375. The number of hydrogen-bond donors (Lipinski definition) is 0. The molecule has 3 aromatic rings. The van der Waals surface area contributed by atoms with E-state index in [-0.39, 0.29) is 24.8 Å². The van der Waals surface area contributed by atoms with Gasteiger partial charge in [0.15, 0.2) is 5.76 Å². The summed E-state index contributed by atoms with van der Waals surface area (Å²) >= 11 is 0. The van der Waals surface area contributed by atoms with Gasteiger partial charge in [0, 0.05) is 62.5 Å². The molecule has 4 rings (SSSR count). The van der Waals surface area contributed by atoms with Gasteiger partial charge in [-0.05, 0) is 81.1 Å². The van der Waals surface area contributed by atoms with E-state index in [4.69, 9.17) is 4.74 Å². The molecule has 0 saturated carbocycles. The van der Waals surface area contributed by atoms with Crippen LogP contribution in [0.15, 0.2) is 66.8 Å². The molecule has 0 unspecified atom stereocenters. The van der Waals surface area contributed by atoms with Crippen LogP contribution < -0.4 is 4.90 Å². The first-order valence-electron chi connectivity index (χ1n) is 14.1. The second kappa shape index (κ2) is 13.8. The topological polar surface area (TPSA) is 78.9 Å². The molecular formula is C32H36F3N5O3. The molecule has 0 spiro atoms. The molecule has 0 N–H and O–H groups in total. The van der Waals surface area contributed by atoms with E-state index < -0.39 is 17.6 Å². The largest absolute Gasteiger partial charge is 0.423 e. The first-order chi connectivity index (χ1) is 20.5. The summed E-state index contributed by atoms with van der Waals surface area (Å²) in [5.41, 5.74) is 2.88. The van der Waals surface area contributed by atoms with Gasteiger partial charge in [0.25, 0.3) is 12.4 Å². The van der Waals surface area contributed by atoms with Gasteiger partial charge in [-0.1, -0.05) is 12.1 Å². The minimum absolute atomic E-state index is 0.154. The number of likely N-dealkylation sites (tertiary alicyclic amines) is 1. The normalized spacial score (nSPS) is 14.9. The molecular weight excluding hydrogens is 559 g/mol. The van der Waals surface area contributed by atoms with E-state index in [0.29, 0.717) is 24.4 Å². The van der Waals surface area contributed by atoms with Crippen molar-refractivity contribution in [1.29, 1.82) is 0 Å². The van der Waals surface area contributed by atoms with Gasteiger partial charge in [-0.2, -0.15) is 13.2 Å². The Morgan fingerprint density at radius 3 is 2.40 bits per heavy atom. The maximum Gasteiger partial charge on any atom is 0.416 e. The number of amides is 1. The lowest BCUT2D eigenvalue weighted by atomic mass is 10.0. The summed E-state index contributed by atoms with van der Waals surface area (Å²) in [6.45, 7) is 8.11. The molecule has 1 amide bonds. The number of hydrogen-bond acceptors (Lipinski definition) is 7. The van der Waals surface area contributed by atoms with Gasteiger partial charge >= 0.3 is 6.18 Å². The zero-order valence-electron chi connectivity index (χ0n) is 24.7. The van der Waals surface area contributed by atoms with Crippen molar-refractivity contribution < 1.29 is 27.5 Å². The molecule has 1 saturated heterocycles. The number of aromatic nitrogens is 2. The SMILES string of the molecule is Cc1cc(N(C)c2cncc(CN(C(=O)/C(=C\c3ccc(C(F)(F)F)cc3)OC=O)C3CCN(C(C)C)CC3)c2)ccn1. The highest BCUT2D eigenvalue weighted by Crippen LogP contribution is 2.30. The summed E-state index contributed by atoms with van der Waals surface area (Å²) in [7, 11) is 1.92. The fourth-order valence-corrected chi connectivity index (χ4v) is 5.17. The first kappa shape index (κ1) is 31.7. The van der Waals surface area contributed by atoms with Gasteiger partial charge in [-0.15, -0.1) is 0 Å². The average Bonchev–Trinajstić information content (AvgIpc) is 2.99. The maximum atomic E-state index is 14.0. The standard InChI is InChI=1S/C32H36F3N5O3/c1-22(2)39-13-10-27(11-14-39)40(20-25-16-29(19-36-18-25)38(4)28-9-12-37-23(3)15-28)31(42)30(43-21-41)17-24-5-7-26(8-6-24)32(33,34)35/h5-9,12,15-19,21-22,27H,10-11,13-14,20H2,1-4H3/b30-17+. The number of carbonyl (C=O) groups is 2. The maximum absolute atomic E-state index is 14.0. The van der Waals surface area contributed by atoms with Crippen molar-refractivity contribution in [3.8, 4) is 0 Å². The number of alkyl halides is 3. The Kier molecular flexibility index (Phi) is 10.2. The minimum Gasteiger partial charge on any atom is -0.423 e. The van der Waals surface area contributed by atoms with Gasteiger partial charge in [0.2, 0.25) is 0 Å². The highest BCUT2D eigenvalue weighted by atomic mass is 19.4. The number of aryl methyl sites for hydroxylation is 1. The molecule has 0 atom stereocenters. The Hall–Kier alpha value is -4.25. The third kappa shape index (κ3) is 8.19. The first-order valence-corrected chi connectivity index (χ1v) is 14.1. The van der Waals surface area contributed by atoms with E-state index in [2.05, 4.69) is 28.7 Å². The smallest absolute Gasteiger partial charge is 0.416 e. The lowest BCUT2D eigenvalue weighted by Gasteiger charge is -2.40. The molecule has 0 aliphatic carbocycles. The number of ether oxygens (including phenoxy) is 1. The van der Waals surface area contributed by atoms with Crippen molar-refractivity contribution >= 4 is 29.8 Å². The Morgan fingerprint density at radius 2 is 1.79 bits per heavy atom. The van der Waals surface area contributed by atoms with Gasteiger partial charge in [0.05, 0.1) is 17.4 Å². The van der Waals surface area contributed by atoms with Gasteiger partial charge < -0.3 is 19.4 Å². The van der Waals surface area contributed by atoms with Gasteiger partial charge in [-0.25, -0.2) is 0 Å². The van der Waals surface area contributed by atoms with Crippen LogP contribution >= 0.6 is 0 Å². The van der Waals surface area contributed by atoms with Crippen molar-refractivity contribution in [2.24, 2.45) is 0 Å². The molecule has 228 valence electrons. The number of anilines is 2. The minimum atomic E-state index is -4.49. The van der Waals surface area contributed by atoms with Crippen molar-refractivity contribution in [1.82, 2.24) is 19.8 Å². The van der Waals surface area contributed by atoms with Crippen LogP contribution in [0.5, 0.6) is 0 Å². The van der Waals surface area contributed by atoms with Crippen LogP contribution in [0.4, 0.5) is 24.5 Å². The monoisotopic (exact) mass is 595 g/mol. The molecule has 8 nitrogen and oxygen atoms in total. The van der Waals surface area contributed by atoms with Crippen molar-refractivity contribution in [2.75, 3.05) is 25.0 Å². The summed E-state index contributed by atoms with van der Waals surface area (Å²) in [6.07, 6.45) is 3.39. The van der Waals surface area contributed by atoms with Gasteiger partial charge in [0.1, 0.15) is 0 Å². The molecule has 0 bridgehead atoms. The Morgan fingerprint density at radius 1 is 1.09 bits per heavy atom. The Balaban J connectivity index is 1.65. The number of pyridine rings is 2. The number of halogens is 3. The fourth-order valence-electron chi connectivity index (χ4n) is 5.17. The van der Waals surface area contributed by atoms with Crippen LogP contribution in [0.1, 0.15) is 49.1 Å². The van der Waals surface area contributed by atoms with E-state index in [1.54, 1.807) is 23.5 Å². The van der Waals surface area contributed by atoms with Crippen LogP contribution in [0, 0.1) is 6.92 Å². The number of carbonyl (C=O) groups excluding carboxylic acids is 2. The highest BCUT2D eigenvalue weighted by Gasteiger charge is 2.32. The summed E-state index contributed by atoms with van der Waals surface area (Å²) in [6, 6.07) is 10.3. The Bertz CT molecular complexity index is 1430. The summed E-state index contributed by atoms with van der Waals surface area (Å²) in [5, 5.41) is 0. The van der Waals surface area contributed by atoms with Crippen LogP contribution in [0.25, 0.3) is 6.08 Å². The molecule has 3 heterocycles. The Labute approximate surface area is 249 Å². The number of nitrogens with zero attached hydrogens (tertiary/aromatic N) is 5. The molecule has 0 radical (unpaired) electrons. The molecule has 2 aromatic heterocycles. The predicted molar refractivity (Wildman–Crippen MR) is 158 cm³/mol. The van der Waals surface area contributed by atoms with Crippen LogP contribution in [0.3, 0.4) is 0 Å². The average molecular weight is 596 g/mol. The predicted octanol–water partition coefficient (Wildman–Crippen LogP) is 5.99. The number of piperidine rings is 1. The van der Waals surface area contributed by atoms with Crippen molar-refractivity contribution in [2.45, 2.75) is 58.4 Å².